The van der Waals surface area contributed by atoms with Crippen molar-refractivity contribution in [2.24, 2.45) is 5.92 Å². The molecule has 0 saturated carbocycles. The van der Waals surface area contributed by atoms with Gasteiger partial charge >= 0.3 is 0 Å². The van der Waals surface area contributed by atoms with Gasteiger partial charge in [-0.05, 0) is 24.9 Å². The first-order valence-corrected chi connectivity index (χ1v) is 8.53. The van der Waals surface area contributed by atoms with Crippen molar-refractivity contribution in [3.05, 3.63) is 35.9 Å². The smallest absolute Gasteiger partial charge is 0.224 e. The number of methoxy groups -OCH3 is 1. The van der Waals surface area contributed by atoms with Gasteiger partial charge in [0.05, 0.1) is 12.5 Å². The molecule has 1 amide bonds. The van der Waals surface area contributed by atoms with Gasteiger partial charge in [0.15, 0.2) is 0 Å². The second kappa shape index (κ2) is 14.3. The van der Waals surface area contributed by atoms with Crippen LogP contribution in [0.5, 0.6) is 0 Å². The van der Waals surface area contributed by atoms with Crippen LogP contribution in [0.15, 0.2) is 30.3 Å². The lowest BCUT2D eigenvalue weighted by molar-refractivity contribution is -0.126. The zero-order chi connectivity index (χ0) is 16.3. The Balaban J connectivity index is 0.00000288. The second-order valence-electron chi connectivity index (χ2n) is 6.09. The van der Waals surface area contributed by atoms with Crippen LogP contribution in [0.1, 0.15) is 18.4 Å². The van der Waals surface area contributed by atoms with Crippen LogP contribution in [-0.2, 0) is 16.1 Å². The highest BCUT2D eigenvalue weighted by Gasteiger charge is 2.25. The molecule has 2 N–H and O–H groups in total. The van der Waals surface area contributed by atoms with Crippen LogP contribution in [-0.4, -0.2) is 57.2 Å². The maximum atomic E-state index is 12.3. The predicted molar refractivity (Wildman–Crippen MR) is 107 cm³/mol. The quantitative estimate of drug-likeness (QED) is 0.632. The minimum atomic E-state index is 0. The van der Waals surface area contributed by atoms with Crippen molar-refractivity contribution in [3.8, 4) is 0 Å². The molecule has 0 bridgehead atoms. The average Bonchev–Trinajstić information content (AvgIpc) is 2.59. The van der Waals surface area contributed by atoms with Gasteiger partial charge in [0, 0.05) is 39.8 Å². The number of nitrogens with zero attached hydrogens (tertiary/aromatic N) is 1. The first-order valence-electron chi connectivity index (χ1n) is 8.53. The Morgan fingerprint density at radius 1 is 1.20 bits per heavy atom. The number of rotatable bonds is 9. The van der Waals surface area contributed by atoms with E-state index in [1.165, 1.54) is 5.56 Å². The molecule has 1 atom stereocenters. The van der Waals surface area contributed by atoms with Crippen molar-refractivity contribution in [1.29, 1.82) is 0 Å². The summed E-state index contributed by atoms with van der Waals surface area (Å²) in [4.78, 5) is 14.7. The molecule has 1 aliphatic rings. The molecule has 1 fully saturated rings. The fraction of sp³-hybridized carbons (Fsp3) is 0.611. The third-order valence-electron chi connectivity index (χ3n) is 4.21. The molecule has 1 unspecified atom stereocenters. The lowest BCUT2D eigenvalue weighted by atomic mass is 9.96. The summed E-state index contributed by atoms with van der Waals surface area (Å²) in [6.45, 7) is 5.86. The number of halogens is 2. The number of ether oxygens (including phenoxy) is 1. The number of piperidine rings is 1. The van der Waals surface area contributed by atoms with Crippen LogP contribution in [0.2, 0.25) is 0 Å². The molecule has 144 valence electrons. The van der Waals surface area contributed by atoms with Gasteiger partial charge in [-0.25, -0.2) is 0 Å². The number of amides is 1. The molecular formula is C18H31Cl2N3O2. The van der Waals surface area contributed by atoms with E-state index in [0.717, 1.165) is 45.6 Å². The van der Waals surface area contributed by atoms with Crippen molar-refractivity contribution >= 4 is 30.7 Å². The molecule has 0 aromatic heterocycles. The molecule has 0 spiro atoms. The minimum absolute atomic E-state index is 0. The predicted octanol–water partition coefficient (Wildman–Crippen LogP) is 2.09. The molecule has 1 aromatic carbocycles. The maximum Gasteiger partial charge on any atom is 0.224 e. The SMILES string of the molecule is COCCNCCNC(=O)C1CCCN(Cc2ccccc2)C1.Cl.Cl. The molecule has 1 saturated heterocycles. The molecule has 0 aliphatic carbocycles. The number of hydrogen-bond donors (Lipinski definition) is 2. The Kier molecular flexibility index (Phi) is 13.8. The number of nitrogens with one attached hydrogen (secondary N) is 2. The molecule has 7 heteroatoms. The van der Waals surface area contributed by atoms with E-state index in [1.54, 1.807) is 7.11 Å². The Morgan fingerprint density at radius 2 is 1.96 bits per heavy atom. The van der Waals surface area contributed by atoms with Crippen LogP contribution in [0.25, 0.3) is 0 Å². The highest BCUT2D eigenvalue weighted by atomic mass is 35.5. The second-order valence-corrected chi connectivity index (χ2v) is 6.09. The molecule has 5 nitrogen and oxygen atoms in total. The normalized spacial score (nSPS) is 17.2. The molecule has 2 rings (SSSR count). The topological polar surface area (TPSA) is 53.6 Å². The number of likely N-dealkylation sites (tertiary alicyclic amines) is 1. The van der Waals surface area contributed by atoms with Crippen molar-refractivity contribution in [2.75, 3.05) is 46.4 Å². The lowest BCUT2D eigenvalue weighted by Gasteiger charge is -2.32. The van der Waals surface area contributed by atoms with Crippen LogP contribution in [0, 0.1) is 5.92 Å². The summed E-state index contributed by atoms with van der Waals surface area (Å²) in [5, 5.41) is 6.28. The molecule has 1 aliphatic heterocycles. The summed E-state index contributed by atoms with van der Waals surface area (Å²) in [6, 6.07) is 10.5. The Labute approximate surface area is 163 Å². The van der Waals surface area contributed by atoms with Gasteiger partial charge in [-0.3, -0.25) is 9.69 Å². The molecule has 25 heavy (non-hydrogen) atoms. The lowest BCUT2D eigenvalue weighted by Crippen LogP contribution is -2.44. The Bertz CT molecular complexity index is 463. The van der Waals surface area contributed by atoms with E-state index in [-0.39, 0.29) is 36.6 Å². The number of carbonyl (C=O) groups excluding carboxylic acids is 1. The van der Waals surface area contributed by atoms with Crippen LogP contribution < -0.4 is 10.6 Å². The fourth-order valence-electron chi connectivity index (χ4n) is 2.97. The number of hydrogen-bond acceptors (Lipinski definition) is 4. The summed E-state index contributed by atoms with van der Waals surface area (Å²) >= 11 is 0. The Hall–Kier alpha value is -0.850. The van der Waals surface area contributed by atoms with Gasteiger partial charge < -0.3 is 15.4 Å². The van der Waals surface area contributed by atoms with Gasteiger partial charge in [0.1, 0.15) is 0 Å². The standard InChI is InChI=1S/C18H29N3O2.2ClH/c1-23-13-11-19-9-10-20-18(22)17-8-5-12-21(15-17)14-16-6-3-2-4-7-16;;/h2-4,6-7,17,19H,5,8-15H2,1H3,(H,20,22);2*1H. The molecule has 1 aromatic rings. The van der Waals surface area contributed by atoms with Crippen LogP contribution in [0.4, 0.5) is 0 Å². The third-order valence-corrected chi connectivity index (χ3v) is 4.21. The monoisotopic (exact) mass is 391 g/mol. The van der Waals surface area contributed by atoms with E-state index in [9.17, 15) is 4.79 Å². The summed E-state index contributed by atoms with van der Waals surface area (Å²) in [6.07, 6.45) is 2.09. The van der Waals surface area contributed by atoms with Gasteiger partial charge in [-0.2, -0.15) is 0 Å². The fourth-order valence-corrected chi connectivity index (χ4v) is 2.97. The van der Waals surface area contributed by atoms with Crippen LogP contribution in [0.3, 0.4) is 0 Å². The largest absolute Gasteiger partial charge is 0.383 e. The van der Waals surface area contributed by atoms with E-state index >= 15 is 0 Å². The summed E-state index contributed by atoms with van der Waals surface area (Å²) in [5.74, 6) is 0.308. The summed E-state index contributed by atoms with van der Waals surface area (Å²) in [7, 11) is 1.69. The van der Waals surface area contributed by atoms with Gasteiger partial charge in [-0.1, -0.05) is 30.3 Å². The molecule has 0 radical (unpaired) electrons. The number of benzene rings is 1. The van der Waals surface area contributed by atoms with Crippen molar-refractivity contribution in [1.82, 2.24) is 15.5 Å². The van der Waals surface area contributed by atoms with E-state index < -0.39 is 0 Å². The highest BCUT2D eigenvalue weighted by molar-refractivity contribution is 5.85. The van der Waals surface area contributed by atoms with Crippen molar-refractivity contribution in [2.45, 2.75) is 19.4 Å². The first-order chi connectivity index (χ1) is 11.3. The van der Waals surface area contributed by atoms with E-state index in [2.05, 4.69) is 39.8 Å². The maximum absolute atomic E-state index is 12.3. The minimum Gasteiger partial charge on any atom is -0.383 e. The molecular weight excluding hydrogens is 361 g/mol. The van der Waals surface area contributed by atoms with E-state index in [1.807, 2.05) is 6.07 Å². The summed E-state index contributed by atoms with van der Waals surface area (Å²) in [5.41, 5.74) is 1.32. The highest BCUT2D eigenvalue weighted by Crippen LogP contribution is 2.18. The van der Waals surface area contributed by atoms with Crippen molar-refractivity contribution < 1.29 is 9.53 Å². The third kappa shape index (κ3) is 9.42. The first kappa shape index (κ1) is 24.1. The van der Waals surface area contributed by atoms with Gasteiger partial charge in [0.2, 0.25) is 5.91 Å². The zero-order valence-corrected chi connectivity index (χ0v) is 16.5. The zero-order valence-electron chi connectivity index (χ0n) is 14.9. The van der Waals surface area contributed by atoms with Crippen molar-refractivity contribution in [3.63, 3.8) is 0 Å². The van der Waals surface area contributed by atoms with E-state index in [0.29, 0.717) is 13.2 Å². The average molecular weight is 392 g/mol. The Morgan fingerprint density at radius 3 is 2.68 bits per heavy atom. The van der Waals surface area contributed by atoms with Gasteiger partial charge in [0.25, 0.3) is 0 Å². The van der Waals surface area contributed by atoms with Gasteiger partial charge in [-0.15, -0.1) is 24.8 Å². The van der Waals surface area contributed by atoms with Crippen LogP contribution >= 0.6 is 24.8 Å². The molecule has 1 heterocycles. The van der Waals surface area contributed by atoms with E-state index in [4.69, 9.17) is 4.74 Å². The number of carbonyl (C=O) groups is 1. The summed E-state index contributed by atoms with van der Waals surface area (Å²) < 4.78 is 4.97.